The van der Waals surface area contributed by atoms with Gasteiger partial charge in [0.1, 0.15) is 5.54 Å². The van der Waals surface area contributed by atoms with Crippen LogP contribution < -0.4 is 0 Å². The molecule has 0 spiro atoms. The number of esters is 1. The summed E-state index contributed by atoms with van der Waals surface area (Å²) in [5.41, 5.74) is -0.0351. The zero-order chi connectivity index (χ0) is 28.5. The smallest absolute Gasteiger partial charge is 0.475 e. The summed E-state index contributed by atoms with van der Waals surface area (Å²) in [6, 6.07) is 8.22. The number of hydrogen-bond acceptors (Lipinski definition) is 7. The highest BCUT2D eigenvalue weighted by molar-refractivity contribution is 8.00. The van der Waals surface area contributed by atoms with E-state index in [0.717, 1.165) is 18.4 Å². The Kier molecular flexibility index (Phi) is 8.65. The average molecular weight is 571 g/mol. The molecule has 0 aromatic heterocycles. The molecule has 0 bridgehead atoms. The largest absolute Gasteiger partial charge is 0.490 e. The van der Waals surface area contributed by atoms with Crippen molar-refractivity contribution in [1.29, 1.82) is 0 Å². The number of carbonyl (C=O) groups excluding carboxylic acids is 3. The summed E-state index contributed by atoms with van der Waals surface area (Å²) in [4.78, 5) is 53.1. The molecule has 8 nitrogen and oxygen atoms in total. The van der Waals surface area contributed by atoms with Crippen LogP contribution in [0.1, 0.15) is 63.0 Å². The molecule has 1 N–H and O–H groups in total. The third kappa shape index (κ3) is 5.41. The predicted octanol–water partition coefficient (Wildman–Crippen LogP) is 4.43. The van der Waals surface area contributed by atoms with Crippen molar-refractivity contribution in [2.24, 2.45) is 11.8 Å². The minimum Gasteiger partial charge on any atom is -0.475 e. The van der Waals surface area contributed by atoms with Gasteiger partial charge >= 0.3 is 18.1 Å². The van der Waals surface area contributed by atoms with E-state index in [4.69, 9.17) is 14.6 Å². The average Bonchev–Trinajstić information content (AvgIpc) is 3.35. The molecule has 1 aliphatic carbocycles. The van der Waals surface area contributed by atoms with Gasteiger partial charge in [0, 0.05) is 23.2 Å². The summed E-state index contributed by atoms with van der Waals surface area (Å²) in [5.74, 6) is -4.77. The van der Waals surface area contributed by atoms with Crippen LogP contribution >= 0.6 is 11.8 Å². The van der Waals surface area contributed by atoms with E-state index >= 15 is 0 Å². The normalized spacial score (nSPS) is 29.4. The van der Waals surface area contributed by atoms with E-state index in [9.17, 15) is 27.6 Å². The molecule has 4 aliphatic rings. The number of amides is 2. The maximum Gasteiger partial charge on any atom is 0.490 e. The standard InChI is InChI=1S/C25H32N2O4S.C2HF3O2/c1-26-22(28)19-20(23(26)29)25(24(30)31-2)14-6-7-15-27(25)21(19)16-10-12-18(13-11-16)32-17-8-4-3-5-9-17;3-2(4,5)1(6)7/h10-13,17,19-21H,3-9,14-15H2,1-2H3;(H,6,7)/t19-,20-,21-,25+;/m1./s1. The molecule has 214 valence electrons. The molecule has 1 aromatic carbocycles. The summed E-state index contributed by atoms with van der Waals surface area (Å²) in [6.07, 6.45) is 3.80. The maximum atomic E-state index is 13.2. The number of carboxylic acids is 1. The van der Waals surface area contributed by atoms with E-state index in [1.165, 1.54) is 49.0 Å². The molecule has 4 atom stereocenters. The predicted molar refractivity (Wildman–Crippen MR) is 136 cm³/mol. The van der Waals surface area contributed by atoms with Gasteiger partial charge in [-0.2, -0.15) is 13.2 Å². The van der Waals surface area contributed by atoms with Gasteiger partial charge < -0.3 is 9.84 Å². The lowest BCUT2D eigenvalue weighted by molar-refractivity contribution is -0.192. The molecule has 3 aliphatic heterocycles. The molecule has 0 unspecified atom stereocenters. The third-order valence-corrected chi connectivity index (χ3v) is 9.69. The first-order chi connectivity index (χ1) is 18.4. The van der Waals surface area contributed by atoms with Gasteiger partial charge in [-0.05, 0) is 56.3 Å². The number of alkyl halides is 3. The summed E-state index contributed by atoms with van der Waals surface area (Å²) in [5, 5.41) is 7.81. The number of fused-ring (bicyclic) bond motifs is 3. The van der Waals surface area contributed by atoms with Gasteiger partial charge in [-0.25, -0.2) is 4.79 Å². The number of aliphatic carboxylic acids is 1. The zero-order valence-electron chi connectivity index (χ0n) is 21.9. The summed E-state index contributed by atoms with van der Waals surface area (Å²) < 4.78 is 37.0. The number of carboxylic acid groups (broad SMARTS) is 1. The van der Waals surface area contributed by atoms with Crippen molar-refractivity contribution in [3.8, 4) is 0 Å². The molecule has 4 fully saturated rings. The van der Waals surface area contributed by atoms with Crippen LogP contribution in [0.5, 0.6) is 0 Å². The van der Waals surface area contributed by atoms with Crippen molar-refractivity contribution in [2.45, 2.75) is 79.3 Å². The summed E-state index contributed by atoms with van der Waals surface area (Å²) in [7, 11) is 2.93. The molecular formula is C27H33F3N2O6S. The van der Waals surface area contributed by atoms with Crippen molar-refractivity contribution in [2.75, 3.05) is 20.7 Å². The fraction of sp³-hybridized carbons (Fsp3) is 0.630. The van der Waals surface area contributed by atoms with E-state index in [0.29, 0.717) is 18.2 Å². The molecule has 3 heterocycles. The number of ether oxygens (including phenoxy) is 1. The van der Waals surface area contributed by atoms with Crippen LogP contribution in [-0.2, 0) is 23.9 Å². The number of benzene rings is 1. The van der Waals surface area contributed by atoms with Crippen LogP contribution in [0.2, 0.25) is 0 Å². The second kappa shape index (κ2) is 11.5. The fourth-order valence-corrected chi connectivity index (χ4v) is 7.87. The first-order valence-corrected chi connectivity index (χ1v) is 14.0. The van der Waals surface area contributed by atoms with E-state index < -0.39 is 29.5 Å². The van der Waals surface area contributed by atoms with Crippen LogP contribution in [0.15, 0.2) is 29.2 Å². The van der Waals surface area contributed by atoms with Crippen LogP contribution in [0, 0.1) is 11.8 Å². The highest BCUT2D eigenvalue weighted by atomic mass is 32.2. The summed E-state index contributed by atoms with van der Waals surface area (Å²) in [6.45, 7) is 0.690. The van der Waals surface area contributed by atoms with Gasteiger partial charge in [-0.15, -0.1) is 11.8 Å². The fourth-order valence-electron chi connectivity index (χ4n) is 6.62. The molecule has 3 saturated heterocycles. The van der Waals surface area contributed by atoms with Crippen molar-refractivity contribution in [1.82, 2.24) is 9.80 Å². The Morgan fingerprint density at radius 1 is 1.03 bits per heavy atom. The van der Waals surface area contributed by atoms with Crippen LogP contribution in [0.4, 0.5) is 13.2 Å². The van der Waals surface area contributed by atoms with E-state index in [-0.39, 0.29) is 23.8 Å². The van der Waals surface area contributed by atoms with Gasteiger partial charge in [0.15, 0.2) is 0 Å². The van der Waals surface area contributed by atoms with E-state index in [2.05, 4.69) is 29.2 Å². The molecule has 5 rings (SSSR count). The number of thioether (sulfide) groups is 1. The van der Waals surface area contributed by atoms with Crippen LogP contribution in [0.25, 0.3) is 0 Å². The molecule has 39 heavy (non-hydrogen) atoms. The first kappa shape index (κ1) is 29.4. The number of piperidine rings is 1. The number of halogens is 3. The Hall–Kier alpha value is -2.60. The topological polar surface area (TPSA) is 104 Å². The number of rotatable bonds is 4. The quantitative estimate of drug-likeness (QED) is 0.419. The lowest BCUT2D eigenvalue weighted by atomic mass is 9.75. The SMILES string of the molecule is COC(=O)[C@@]12CCCCN1[C@H](c1ccc(SC3CCCCC3)cc1)[C@@H]1C(=O)N(C)C(=O)[C@@H]12.O=C(O)C(F)(F)F. The zero-order valence-corrected chi connectivity index (χ0v) is 22.7. The lowest BCUT2D eigenvalue weighted by Gasteiger charge is -2.44. The van der Waals surface area contributed by atoms with Gasteiger partial charge in [-0.3, -0.25) is 24.2 Å². The van der Waals surface area contributed by atoms with E-state index in [1.54, 1.807) is 7.05 Å². The number of carbonyl (C=O) groups is 4. The van der Waals surface area contributed by atoms with Gasteiger partial charge in [-0.1, -0.05) is 31.4 Å². The molecule has 12 heteroatoms. The van der Waals surface area contributed by atoms with Crippen molar-refractivity contribution in [3.63, 3.8) is 0 Å². The first-order valence-electron chi connectivity index (χ1n) is 13.2. The van der Waals surface area contributed by atoms with Crippen molar-refractivity contribution >= 4 is 35.5 Å². The molecule has 0 radical (unpaired) electrons. The minimum absolute atomic E-state index is 0.177. The van der Waals surface area contributed by atoms with E-state index in [1.807, 2.05) is 11.8 Å². The second-order valence-electron chi connectivity index (χ2n) is 10.5. The lowest BCUT2D eigenvalue weighted by Crippen LogP contribution is -2.59. The molecule has 2 amide bonds. The van der Waals surface area contributed by atoms with Gasteiger partial charge in [0.2, 0.25) is 11.8 Å². The highest BCUT2D eigenvalue weighted by Crippen LogP contribution is 2.58. The highest BCUT2D eigenvalue weighted by Gasteiger charge is 2.72. The Morgan fingerprint density at radius 2 is 1.64 bits per heavy atom. The Balaban J connectivity index is 0.000000448. The molecule has 1 saturated carbocycles. The van der Waals surface area contributed by atoms with Crippen molar-refractivity contribution in [3.05, 3.63) is 29.8 Å². The Morgan fingerprint density at radius 3 is 2.21 bits per heavy atom. The second-order valence-corrected chi connectivity index (χ2v) is 11.9. The number of imide groups is 1. The van der Waals surface area contributed by atoms with Gasteiger partial charge in [0.25, 0.3) is 0 Å². The molecular weight excluding hydrogens is 537 g/mol. The number of methoxy groups -OCH3 is 1. The monoisotopic (exact) mass is 570 g/mol. The van der Waals surface area contributed by atoms with Crippen LogP contribution in [0.3, 0.4) is 0 Å². The molecule has 1 aromatic rings. The minimum atomic E-state index is -5.08. The van der Waals surface area contributed by atoms with Crippen molar-refractivity contribution < 1.29 is 42.2 Å². The number of hydrogen-bond donors (Lipinski definition) is 1. The Bertz CT molecular complexity index is 1110. The summed E-state index contributed by atoms with van der Waals surface area (Å²) >= 11 is 1.95. The third-order valence-electron chi connectivity index (χ3n) is 8.34. The Labute approximate surface area is 229 Å². The number of likely N-dealkylation sites (tertiary alicyclic amines) is 1. The van der Waals surface area contributed by atoms with Gasteiger partial charge in [0.05, 0.1) is 18.9 Å². The maximum absolute atomic E-state index is 13.2. The number of nitrogens with zero attached hydrogens (tertiary/aromatic N) is 2. The van der Waals surface area contributed by atoms with Crippen LogP contribution in [-0.4, -0.2) is 76.3 Å².